The zero-order valence-corrected chi connectivity index (χ0v) is 10.8. The van der Waals surface area contributed by atoms with E-state index in [1.165, 1.54) is 12.1 Å². The summed E-state index contributed by atoms with van der Waals surface area (Å²) in [6.45, 7) is 2.56. The third-order valence-electron chi connectivity index (χ3n) is 3.37. The molecule has 2 atom stereocenters. The molecule has 1 heterocycles. The lowest BCUT2D eigenvalue weighted by atomic mass is 10.1. The monoisotopic (exact) mass is 261 g/mol. The van der Waals surface area contributed by atoms with E-state index in [-0.39, 0.29) is 24.2 Å². The predicted molar refractivity (Wildman–Crippen MR) is 70.0 cm³/mol. The highest BCUT2D eigenvalue weighted by Crippen LogP contribution is 2.25. The average molecular weight is 261 g/mol. The number of nitrogens with zero attached hydrogens (tertiary/aromatic N) is 2. The van der Waals surface area contributed by atoms with Crippen LogP contribution >= 0.6 is 0 Å². The Morgan fingerprint density at radius 3 is 3.05 bits per heavy atom. The Morgan fingerprint density at radius 2 is 2.37 bits per heavy atom. The van der Waals surface area contributed by atoms with Crippen molar-refractivity contribution in [3.63, 3.8) is 0 Å². The molecule has 1 aliphatic heterocycles. The molecule has 0 bridgehead atoms. The van der Waals surface area contributed by atoms with Crippen LogP contribution in [0.15, 0.2) is 24.3 Å². The third-order valence-corrected chi connectivity index (χ3v) is 3.37. The van der Waals surface area contributed by atoms with Crippen molar-refractivity contribution >= 4 is 11.6 Å². The molecule has 100 valence electrons. The number of anilines is 1. The Morgan fingerprint density at radius 1 is 1.58 bits per heavy atom. The van der Waals surface area contributed by atoms with Gasteiger partial charge in [-0.15, -0.1) is 0 Å². The first-order valence-corrected chi connectivity index (χ1v) is 6.32. The van der Waals surface area contributed by atoms with E-state index in [9.17, 15) is 9.18 Å². The molecule has 1 amide bonds. The number of carbonyl (C=O) groups excluding carboxylic acids is 1. The predicted octanol–water partition coefficient (Wildman–Crippen LogP) is 1.82. The number of nitrogens with one attached hydrogen (secondary N) is 1. The van der Waals surface area contributed by atoms with E-state index in [1.54, 1.807) is 12.1 Å². The fourth-order valence-corrected chi connectivity index (χ4v) is 2.44. The summed E-state index contributed by atoms with van der Waals surface area (Å²) in [5.41, 5.74) is 0.643. The van der Waals surface area contributed by atoms with E-state index in [0.717, 1.165) is 6.42 Å². The maximum Gasteiger partial charge on any atom is 0.243 e. The van der Waals surface area contributed by atoms with Crippen LogP contribution in [-0.2, 0) is 4.79 Å². The second kappa shape index (κ2) is 5.70. The van der Waals surface area contributed by atoms with Gasteiger partial charge in [0.05, 0.1) is 12.5 Å². The van der Waals surface area contributed by atoms with Crippen molar-refractivity contribution in [1.82, 2.24) is 5.32 Å². The van der Waals surface area contributed by atoms with Crippen LogP contribution in [0, 0.1) is 17.1 Å². The second-order valence-electron chi connectivity index (χ2n) is 4.69. The summed E-state index contributed by atoms with van der Waals surface area (Å²) < 4.78 is 13.4. The van der Waals surface area contributed by atoms with Crippen LogP contribution in [0.2, 0.25) is 0 Å². The van der Waals surface area contributed by atoms with E-state index in [1.807, 2.05) is 17.9 Å². The van der Waals surface area contributed by atoms with Gasteiger partial charge in [-0.3, -0.25) is 4.79 Å². The Kier molecular flexibility index (Phi) is 4.00. The van der Waals surface area contributed by atoms with Gasteiger partial charge in [0.25, 0.3) is 0 Å². The van der Waals surface area contributed by atoms with Crippen LogP contribution in [-0.4, -0.2) is 24.5 Å². The van der Waals surface area contributed by atoms with Crippen LogP contribution in [0.4, 0.5) is 10.1 Å². The van der Waals surface area contributed by atoms with Gasteiger partial charge in [0.2, 0.25) is 5.91 Å². The zero-order valence-electron chi connectivity index (χ0n) is 10.8. The summed E-state index contributed by atoms with van der Waals surface area (Å²) in [5, 5.41) is 11.7. The molecule has 0 saturated carbocycles. The van der Waals surface area contributed by atoms with Crippen molar-refractivity contribution in [2.24, 2.45) is 0 Å². The van der Waals surface area contributed by atoms with Crippen molar-refractivity contribution in [3.05, 3.63) is 30.1 Å². The molecular weight excluding hydrogens is 245 g/mol. The summed E-state index contributed by atoms with van der Waals surface area (Å²) >= 11 is 0. The minimum Gasteiger partial charge on any atom is -0.356 e. The third kappa shape index (κ3) is 2.84. The van der Waals surface area contributed by atoms with E-state index < -0.39 is 6.04 Å². The number of rotatable bonds is 2. The second-order valence-corrected chi connectivity index (χ2v) is 4.69. The minimum absolute atomic E-state index is 0.0686. The summed E-state index contributed by atoms with van der Waals surface area (Å²) in [6, 6.07) is 7.69. The molecule has 1 saturated heterocycles. The lowest BCUT2D eigenvalue weighted by Gasteiger charge is -2.34. The molecule has 2 unspecified atom stereocenters. The molecule has 1 aromatic carbocycles. The quantitative estimate of drug-likeness (QED) is 0.883. The molecule has 1 aliphatic rings. The van der Waals surface area contributed by atoms with E-state index in [0.29, 0.717) is 12.2 Å². The van der Waals surface area contributed by atoms with Gasteiger partial charge in [-0.2, -0.15) is 5.26 Å². The maximum absolute atomic E-state index is 13.4. The smallest absolute Gasteiger partial charge is 0.243 e. The Balaban J connectivity index is 2.40. The molecule has 2 rings (SSSR count). The van der Waals surface area contributed by atoms with Crippen LogP contribution in [0.25, 0.3) is 0 Å². The molecule has 0 aliphatic carbocycles. The average Bonchev–Trinajstić information content (AvgIpc) is 2.50. The first-order valence-electron chi connectivity index (χ1n) is 6.32. The van der Waals surface area contributed by atoms with E-state index in [2.05, 4.69) is 5.32 Å². The van der Waals surface area contributed by atoms with Gasteiger partial charge in [-0.1, -0.05) is 6.07 Å². The summed E-state index contributed by atoms with van der Waals surface area (Å²) in [6.07, 6.45) is 0.858. The van der Waals surface area contributed by atoms with Gasteiger partial charge >= 0.3 is 0 Å². The largest absolute Gasteiger partial charge is 0.356 e. The zero-order chi connectivity index (χ0) is 13.8. The summed E-state index contributed by atoms with van der Waals surface area (Å²) in [7, 11) is 0. The fourth-order valence-electron chi connectivity index (χ4n) is 2.44. The number of hydrogen-bond acceptors (Lipinski definition) is 3. The van der Waals surface area contributed by atoms with Crippen LogP contribution < -0.4 is 10.2 Å². The number of hydrogen-bond donors (Lipinski definition) is 1. The van der Waals surface area contributed by atoms with Crippen molar-refractivity contribution in [2.45, 2.75) is 31.8 Å². The lowest BCUT2D eigenvalue weighted by molar-refractivity contribution is -0.122. The van der Waals surface area contributed by atoms with Crippen molar-refractivity contribution in [1.29, 1.82) is 5.26 Å². The van der Waals surface area contributed by atoms with Gasteiger partial charge in [0.1, 0.15) is 11.9 Å². The van der Waals surface area contributed by atoms with Crippen LogP contribution in [0.3, 0.4) is 0 Å². The summed E-state index contributed by atoms with van der Waals surface area (Å²) in [5.74, 6) is -0.514. The molecule has 0 spiro atoms. The van der Waals surface area contributed by atoms with Crippen molar-refractivity contribution in [3.8, 4) is 6.07 Å². The molecular formula is C14H16FN3O. The first kappa shape index (κ1) is 13.3. The Bertz CT molecular complexity index is 512. The maximum atomic E-state index is 13.4. The first-order chi connectivity index (χ1) is 9.13. The lowest BCUT2D eigenvalue weighted by Crippen LogP contribution is -2.47. The Labute approximate surface area is 111 Å². The molecule has 0 radical (unpaired) electrons. The highest BCUT2D eigenvalue weighted by molar-refractivity contribution is 5.86. The number of amides is 1. The molecule has 19 heavy (non-hydrogen) atoms. The molecule has 4 nitrogen and oxygen atoms in total. The Hall–Kier alpha value is -2.09. The van der Waals surface area contributed by atoms with Gasteiger partial charge in [-0.05, 0) is 31.5 Å². The van der Waals surface area contributed by atoms with E-state index in [4.69, 9.17) is 5.26 Å². The highest BCUT2D eigenvalue weighted by Gasteiger charge is 2.32. The summed E-state index contributed by atoms with van der Waals surface area (Å²) in [4.78, 5) is 13.9. The van der Waals surface area contributed by atoms with Gasteiger partial charge in [0.15, 0.2) is 0 Å². The molecule has 5 heteroatoms. The number of carbonyl (C=O) groups is 1. The molecule has 1 aromatic rings. The van der Waals surface area contributed by atoms with Crippen molar-refractivity contribution < 1.29 is 9.18 Å². The number of halogens is 1. The number of nitriles is 1. The van der Waals surface area contributed by atoms with Crippen molar-refractivity contribution in [2.75, 3.05) is 11.4 Å². The molecule has 1 N–H and O–H groups in total. The number of benzene rings is 1. The van der Waals surface area contributed by atoms with Gasteiger partial charge in [-0.25, -0.2) is 4.39 Å². The topological polar surface area (TPSA) is 56.1 Å². The normalized spacial score (nSPS) is 23.4. The fraction of sp³-hybridized carbons (Fsp3) is 0.429. The molecule has 1 fully saturated rings. The van der Waals surface area contributed by atoms with E-state index >= 15 is 0 Å². The molecule has 0 aromatic heterocycles. The minimum atomic E-state index is -0.565. The van der Waals surface area contributed by atoms with Crippen LogP contribution in [0.5, 0.6) is 0 Å². The van der Waals surface area contributed by atoms with Gasteiger partial charge in [0, 0.05) is 18.3 Å². The highest BCUT2D eigenvalue weighted by atomic mass is 19.1. The SMILES string of the molecule is CC1CCNC(=O)C(CC#N)N1c1cccc(F)c1. The van der Waals surface area contributed by atoms with Crippen LogP contribution in [0.1, 0.15) is 19.8 Å². The van der Waals surface area contributed by atoms with Gasteiger partial charge < -0.3 is 10.2 Å². The standard InChI is InChI=1S/C14H16FN3O/c1-10-6-8-17-14(19)13(5-7-16)18(10)12-4-2-3-11(15)9-12/h2-4,9-10,13H,5-6,8H2,1H3,(H,17,19).